The molecule has 0 saturated heterocycles. The van der Waals surface area contributed by atoms with Crippen molar-refractivity contribution in [2.75, 3.05) is 6.61 Å². The fourth-order valence-electron chi connectivity index (χ4n) is 3.49. The van der Waals surface area contributed by atoms with Crippen molar-refractivity contribution >= 4 is 33.6 Å². The van der Waals surface area contributed by atoms with Gasteiger partial charge in [-0.2, -0.15) is 0 Å². The summed E-state index contributed by atoms with van der Waals surface area (Å²) in [6.45, 7) is 4.30. The van der Waals surface area contributed by atoms with E-state index in [2.05, 4.69) is 29.0 Å². The Morgan fingerprint density at radius 2 is 2.00 bits per heavy atom. The number of para-hydroxylation sites is 1. The molecule has 0 unspecified atom stereocenters. The summed E-state index contributed by atoms with van der Waals surface area (Å²) in [5, 5.41) is 2.88. The molecule has 0 bridgehead atoms. The number of nitrogens with zero attached hydrogens (tertiary/aromatic N) is 2. The van der Waals surface area contributed by atoms with Crippen molar-refractivity contribution in [2.45, 2.75) is 39.5 Å². The van der Waals surface area contributed by atoms with Crippen LogP contribution in [-0.2, 0) is 17.6 Å². The van der Waals surface area contributed by atoms with E-state index in [1.54, 1.807) is 22.7 Å². The van der Waals surface area contributed by atoms with E-state index in [1.807, 2.05) is 25.1 Å². The number of hydrogen-bond acceptors (Lipinski definition) is 5. The van der Waals surface area contributed by atoms with E-state index in [1.165, 1.54) is 11.3 Å². The number of aryl methyl sites for hydroxylation is 2. The van der Waals surface area contributed by atoms with Crippen molar-refractivity contribution in [1.29, 1.82) is 0 Å². The zero-order valence-electron chi connectivity index (χ0n) is 15.5. The Labute approximate surface area is 166 Å². The second kappa shape index (κ2) is 7.82. The van der Waals surface area contributed by atoms with E-state index in [0.717, 1.165) is 46.0 Å². The van der Waals surface area contributed by atoms with E-state index < -0.39 is 0 Å². The number of aromatic nitrogens is 1. The van der Waals surface area contributed by atoms with Crippen LogP contribution in [0.3, 0.4) is 0 Å². The second-order valence-electron chi connectivity index (χ2n) is 6.55. The topological polar surface area (TPSA) is 43.6 Å². The first kappa shape index (κ1) is 18.2. The number of esters is 1. The number of benzene rings is 1. The molecule has 0 spiro atoms. The quantitative estimate of drug-likeness (QED) is 0.567. The van der Waals surface area contributed by atoms with Crippen LogP contribution in [0, 0.1) is 6.92 Å². The van der Waals surface area contributed by atoms with Crippen molar-refractivity contribution in [1.82, 2.24) is 4.57 Å². The van der Waals surface area contributed by atoms with Gasteiger partial charge in [-0.25, -0.2) is 9.79 Å². The van der Waals surface area contributed by atoms with Crippen molar-refractivity contribution in [2.24, 2.45) is 4.99 Å². The van der Waals surface area contributed by atoms with Gasteiger partial charge < -0.3 is 4.74 Å². The number of thiazole rings is 1. The normalized spacial score (nSPS) is 14.2. The van der Waals surface area contributed by atoms with Gasteiger partial charge in [0.25, 0.3) is 0 Å². The molecule has 0 N–H and O–H groups in total. The number of fused-ring (bicyclic) bond motifs is 1. The molecular weight excluding hydrogens is 376 g/mol. The Balaban J connectivity index is 1.89. The standard InChI is InChI=1S/C21H22N2O2S2/c1-3-25-20(24)18-16-11-7-8-12-17(16)27-19(18)22-21-23(14(2)13-26-21)15-9-5-4-6-10-15/h4-6,9-10,13H,3,7-8,11-12H2,1-2H3/b22-21-. The minimum absolute atomic E-state index is 0.241. The van der Waals surface area contributed by atoms with Crippen LogP contribution < -0.4 is 4.80 Å². The summed E-state index contributed by atoms with van der Waals surface area (Å²) in [5.74, 6) is -0.241. The first-order chi connectivity index (χ1) is 13.2. The highest BCUT2D eigenvalue weighted by Gasteiger charge is 2.26. The van der Waals surface area contributed by atoms with Crippen molar-refractivity contribution in [3.63, 3.8) is 0 Å². The summed E-state index contributed by atoms with van der Waals surface area (Å²) >= 11 is 3.25. The average Bonchev–Trinajstić information content (AvgIpc) is 3.23. The van der Waals surface area contributed by atoms with E-state index >= 15 is 0 Å². The molecular formula is C21H22N2O2S2. The molecule has 1 aliphatic carbocycles. The van der Waals surface area contributed by atoms with Crippen LogP contribution in [-0.4, -0.2) is 17.1 Å². The van der Waals surface area contributed by atoms with Crippen LogP contribution in [0.1, 0.15) is 46.3 Å². The monoisotopic (exact) mass is 398 g/mol. The fourth-order valence-corrected chi connectivity index (χ4v) is 5.68. The first-order valence-electron chi connectivity index (χ1n) is 9.28. The molecule has 140 valence electrons. The van der Waals surface area contributed by atoms with Crippen LogP contribution in [0.5, 0.6) is 0 Å². The zero-order chi connectivity index (χ0) is 18.8. The van der Waals surface area contributed by atoms with Gasteiger partial charge in [0.2, 0.25) is 0 Å². The van der Waals surface area contributed by atoms with Gasteiger partial charge in [0.15, 0.2) is 4.80 Å². The Morgan fingerprint density at radius 1 is 1.22 bits per heavy atom. The molecule has 2 heterocycles. The lowest BCUT2D eigenvalue weighted by Crippen LogP contribution is -2.14. The van der Waals surface area contributed by atoms with Gasteiger partial charge in [-0.05, 0) is 57.2 Å². The predicted molar refractivity (Wildman–Crippen MR) is 111 cm³/mol. The molecule has 0 saturated carbocycles. The van der Waals surface area contributed by atoms with Gasteiger partial charge in [0.05, 0.1) is 12.2 Å². The number of hydrogen-bond donors (Lipinski definition) is 0. The lowest BCUT2D eigenvalue weighted by Gasteiger charge is -2.11. The molecule has 27 heavy (non-hydrogen) atoms. The van der Waals surface area contributed by atoms with Gasteiger partial charge in [-0.1, -0.05) is 18.2 Å². The van der Waals surface area contributed by atoms with E-state index in [0.29, 0.717) is 12.2 Å². The third-order valence-corrected chi connectivity index (χ3v) is 6.85. The van der Waals surface area contributed by atoms with E-state index in [9.17, 15) is 4.79 Å². The van der Waals surface area contributed by atoms with Crippen molar-refractivity contribution in [3.8, 4) is 5.69 Å². The summed E-state index contributed by atoms with van der Waals surface area (Å²) in [5.41, 5.74) is 4.04. The maximum absolute atomic E-state index is 12.7. The number of rotatable bonds is 4. The van der Waals surface area contributed by atoms with E-state index in [4.69, 9.17) is 9.73 Å². The maximum Gasteiger partial charge on any atom is 0.341 e. The minimum atomic E-state index is -0.241. The van der Waals surface area contributed by atoms with Crippen molar-refractivity contribution < 1.29 is 9.53 Å². The van der Waals surface area contributed by atoms with Crippen LogP contribution in [0.15, 0.2) is 40.7 Å². The Morgan fingerprint density at radius 3 is 2.78 bits per heavy atom. The second-order valence-corrected chi connectivity index (χ2v) is 8.47. The molecule has 0 aliphatic heterocycles. The molecule has 1 aliphatic rings. The average molecular weight is 399 g/mol. The molecule has 0 atom stereocenters. The molecule has 2 aromatic heterocycles. The Bertz CT molecular complexity index is 1030. The zero-order valence-corrected chi connectivity index (χ0v) is 17.2. The Kier molecular flexibility index (Phi) is 5.27. The largest absolute Gasteiger partial charge is 0.462 e. The SMILES string of the molecule is CCOC(=O)c1c(/N=c2\scc(C)n2-c2ccccc2)sc2c1CCCC2. The molecule has 4 nitrogen and oxygen atoms in total. The Hall–Kier alpha value is -2.18. The van der Waals surface area contributed by atoms with Gasteiger partial charge >= 0.3 is 5.97 Å². The summed E-state index contributed by atoms with van der Waals surface area (Å²) < 4.78 is 7.49. The van der Waals surface area contributed by atoms with Gasteiger partial charge in [0.1, 0.15) is 5.00 Å². The number of ether oxygens (including phenoxy) is 1. The third-order valence-electron chi connectivity index (χ3n) is 4.72. The van der Waals surface area contributed by atoms with Crippen LogP contribution >= 0.6 is 22.7 Å². The lowest BCUT2D eigenvalue weighted by molar-refractivity contribution is 0.0526. The molecule has 1 aromatic carbocycles. The van der Waals surface area contributed by atoms with Gasteiger partial charge in [-0.3, -0.25) is 4.57 Å². The van der Waals surface area contributed by atoms with Crippen LogP contribution in [0.2, 0.25) is 0 Å². The summed E-state index contributed by atoms with van der Waals surface area (Å²) in [7, 11) is 0. The summed E-state index contributed by atoms with van der Waals surface area (Å²) in [6.07, 6.45) is 4.27. The highest BCUT2D eigenvalue weighted by atomic mass is 32.1. The minimum Gasteiger partial charge on any atom is -0.462 e. The van der Waals surface area contributed by atoms with Crippen molar-refractivity contribution in [3.05, 3.63) is 62.2 Å². The van der Waals surface area contributed by atoms with Crippen LogP contribution in [0.4, 0.5) is 5.00 Å². The third kappa shape index (κ3) is 3.51. The number of thiophene rings is 1. The fraction of sp³-hybridized carbons (Fsp3) is 0.333. The first-order valence-corrected chi connectivity index (χ1v) is 11.0. The maximum atomic E-state index is 12.7. The summed E-state index contributed by atoms with van der Waals surface area (Å²) in [6, 6.07) is 10.2. The van der Waals surface area contributed by atoms with E-state index in [-0.39, 0.29) is 5.97 Å². The molecule has 4 rings (SSSR count). The molecule has 0 fully saturated rings. The van der Waals surface area contributed by atoms with Gasteiger partial charge in [0, 0.05) is 21.6 Å². The smallest absolute Gasteiger partial charge is 0.341 e. The number of carbonyl (C=O) groups excluding carboxylic acids is 1. The molecule has 0 amide bonds. The van der Waals surface area contributed by atoms with Crippen LogP contribution in [0.25, 0.3) is 5.69 Å². The highest BCUT2D eigenvalue weighted by Crippen LogP contribution is 2.40. The highest BCUT2D eigenvalue weighted by molar-refractivity contribution is 7.16. The number of carbonyl (C=O) groups is 1. The lowest BCUT2D eigenvalue weighted by atomic mass is 9.95. The summed E-state index contributed by atoms with van der Waals surface area (Å²) in [4.78, 5) is 19.8. The predicted octanol–water partition coefficient (Wildman–Crippen LogP) is 5.20. The molecule has 0 radical (unpaired) electrons. The molecule has 3 aromatic rings. The van der Waals surface area contributed by atoms with Gasteiger partial charge in [-0.15, -0.1) is 22.7 Å². The molecule has 6 heteroatoms.